The van der Waals surface area contributed by atoms with E-state index in [4.69, 9.17) is 28.8 Å². The molecule has 1 unspecified atom stereocenters. The molecule has 1 aromatic carbocycles. The first-order chi connectivity index (χ1) is 9.08. The van der Waals surface area contributed by atoms with E-state index in [1.54, 1.807) is 12.1 Å². The van der Waals surface area contributed by atoms with Gasteiger partial charge < -0.3 is 20.8 Å². The van der Waals surface area contributed by atoms with Crippen LogP contribution in [-0.2, 0) is 0 Å². The number of nitrogen functional groups attached to an aromatic ring is 1. The summed E-state index contributed by atoms with van der Waals surface area (Å²) in [5, 5.41) is 2.67. The van der Waals surface area contributed by atoms with Gasteiger partial charge in [0.15, 0.2) is 4.77 Å². The van der Waals surface area contributed by atoms with Gasteiger partial charge in [-0.1, -0.05) is 28.7 Å². The fourth-order valence-electron chi connectivity index (χ4n) is 1.12. The maximum Gasteiger partial charge on any atom is 0.175 e. The lowest BCUT2D eigenvalue weighted by Gasteiger charge is -1.98. The highest BCUT2D eigenvalue weighted by atomic mass is 32.1. The molecular weight excluding hydrogens is 250 g/mol. The minimum atomic E-state index is 0.563. The molecule has 1 aromatic heterocycles. The van der Waals surface area contributed by atoms with Crippen molar-refractivity contribution in [1.29, 1.82) is 0 Å². The molecule has 0 spiro atoms. The van der Waals surface area contributed by atoms with Crippen molar-refractivity contribution in [2.24, 2.45) is 0 Å². The SMILES string of the molecule is CC.CNP.[2H][2H].[B]c1cc2[nH]c(=S)[nH]c2cc1N. The topological polar surface area (TPSA) is 69.6 Å². The van der Waals surface area contributed by atoms with Gasteiger partial charge in [-0.05, 0) is 31.4 Å². The zero-order valence-corrected chi connectivity index (χ0v) is 12.3. The number of hydrogen-bond acceptors (Lipinski definition) is 3. The standard InChI is InChI=1S/C7H6BN3S.C2H6.CH6NP.H2/c8-3-1-5-6(2-4(3)9)11-7(12)10-5;1-2;1-2-3;/h1-2H,9H2,(H2,10,11,12);1-2H3;2H,3H2,1H3;1H/i;;;1+1D. The molecule has 2 rings (SSSR count). The Kier molecular flexibility index (Phi) is 6.93. The Morgan fingerprint density at radius 1 is 1.41 bits per heavy atom. The minimum Gasteiger partial charge on any atom is -0.399 e. The van der Waals surface area contributed by atoms with Gasteiger partial charge >= 0.3 is 0 Å². The van der Waals surface area contributed by atoms with Gasteiger partial charge in [-0.15, -0.1) is 0 Å². The van der Waals surface area contributed by atoms with Crippen LogP contribution in [0.1, 0.15) is 16.8 Å². The van der Waals surface area contributed by atoms with Gasteiger partial charge in [0.2, 0.25) is 0 Å². The first kappa shape index (κ1) is 14.2. The number of hydrogen-bond donors (Lipinski definition) is 4. The molecule has 4 nitrogen and oxygen atoms in total. The summed E-state index contributed by atoms with van der Waals surface area (Å²) in [6.07, 6.45) is 0. The van der Waals surface area contributed by atoms with Gasteiger partial charge in [0.05, 0.1) is 11.0 Å². The zero-order chi connectivity index (χ0) is 15.4. The lowest BCUT2D eigenvalue weighted by Crippen LogP contribution is -2.08. The Balaban J connectivity index is 0. The third-order valence-corrected chi connectivity index (χ3v) is 1.92. The van der Waals surface area contributed by atoms with E-state index in [-0.39, 0.29) is 0 Å². The molecule has 0 aliphatic heterocycles. The molecule has 1 heterocycles. The summed E-state index contributed by atoms with van der Waals surface area (Å²) in [5.74, 6) is 0. The van der Waals surface area contributed by atoms with Crippen LogP contribution in [0.15, 0.2) is 12.1 Å². The Labute approximate surface area is 114 Å². The van der Waals surface area contributed by atoms with Crippen LogP contribution in [0.3, 0.4) is 0 Å². The summed E-state index contributed by atoms with van der Waals surface area (Å²) in [6, 6.07) is 3.52. The molecule has 0 aliphatic carbocycles. The summed E-state index contributed by atoms with van der Waals surface area (Å²) in [7, 11) is 9.77. The van der Waals surface area contributed by atoms with Gasteiger partial charge in [-0.25, -0.2) is 0 Å². The van der Waals surface area contributed by atoms with E-state index >= 15 is 0 Å². The van der Waals surface area contributed by atoms with E-state index in [9.17, 15) is 0 Å². The van der Waals surface area contributed by atoms with E-state index in [0.717, 1.165) is 11.0 Å². The molecule has 0 saturated carbocycles. The quantitative estimate of drug-likeness (QED) is 0.256. The molecule has 0 saturated heterocycles. The molecule has 7 heteroatoms. The number of benzene rings is 1. The molecule has 1 atom stereocenters. The monoisotopic (exact) mass is 272 g/mol. The molecular formula is C10H20BN4PS. The number of aromatic amines is 2. The third-order valence-electron chi connectivity index (χ3n) is 1.72. The van der Waals surface area contributed by atoms with Crippen LogP contribution in [0.25, 0.3) is 11.0 Å². The second kappa shape index (κ2) is 8.28. The van der Waals surface area contributed by atoms with Crippen molar-refractivity contribution >= 4 is 51.6 Å². The van der Waals surface area contributed by atoms with Gasteiger partial charge in [0, 0.05) is 8.66 Å². The second-order valence-corrected chi connectivity index (χ2v) is 3.88. The van der Waals surface area contributed by atoms with Gasteiger partial charge in [0.1, 0.15) is 7.85 Å². The Morgan fingerprint density at radius 2 is 1.82 bits per heavy atom. The fourth-order valence-corrected chi connectivity index (χ4v) is 1.34. The number of fused-ring (bicyclic) bond motifs is 1. The Bertz CT molecular complexity index is 476. The van der Waals surface area contributed by atoms with Crippen LogP contribution in [0, 0.1) is 4.77 Å². The summed E-state index contributed by atoms with van der Waals surface area (Å²) in [5.41, 5.74) is 8.49. The maximum absolute atomic E-state index is 5.60. The first-order valence-corrected chi connectivity index (χ1v) is 6.21. The van der Waals surface area contributed by atoms with Crippen LogP contribution in [-0.4, -0.2) is 24.9 Å². The highest BCUT2D eigenvalue weighted by Gasteiger charge is 1.98. The molecule has 0 fully saturated rings. The molecule has 17 heavy (non-hydrogen) atoms. The largest absolute Gasteiger partial charge is 0.399 e. The van der Waals surface area contributed by atoms with Crippen LogP contribution in [0.2, 0.25) is 0 Å². The van der Waals surface area contributed by atoms with Crippen molar-refractivity contribution in [2.45, 2.75) is 13.8 Å². The normalized spacial score (nSPS) is 9.41. The van der Waals surface area contributed by atoms with E-state index < -0.39 is 0 Å². The lowest BCUT2D eigenvalue weighted by molar-refractivity contribution is 1.30. The van der Waals surface area contributed by atoms with Gasteiger partial charge in [-0.3, -0.25) is 0 Å². The van der Waals surface area contributed by atoms with Crippen molar-refractivity contribution < 1.29 is 2.97 Å². The molecule has 0 amide bonds. The number of aromatic nitrogens is 2. The van der Waals surface area contributed by atoms with Crippen molar-refractivity contribution in [3.05, 3.63) is 16.9 Å². The van der Waals surface area contributed by atoms with Crippen LogP contribution in [0.4, 0.5) is 5.69 Å². The molecule has 0 aliphatic rings. The third kappa shape index (κ3) is 4.90. The van der Waals surface area contributed by atoms with Crippen molar-refractivity contribution in [1.82, 2.24) is 15.1 Å². The average molecular weight is 272 g/mol. The van der Waals surface area contributed by atoms with Crippen molar-refractivity contribution in [2.75, 3.05) is 12.8 Å². The van der Waals surface area contributed by atoms with Crippen LogP contribution in [0.5, 0.6) is 0 Å². The Hall–Kier alpha value is -0.835. The zero-order valence-electron chi connectivity index (χ0n) is 12.3. The summed E-state index contributed by atoms with van der Waals surface area (Å²) < 4.78 is 10.6. The van der Waals surface area contributed by atoms with Gasteiger partial charge in [-0.2, -0.15) is 0 Å². The fraction of sp³-hybridized carbons (Fsp3) is 0.300. The lowest BCUT2D eigenvalue weighted by atomic mass is 9.94. The number of anilines is 1. The summed E-state index contributed by atoms with van der Waals surface area (Å²) in [4.78, 5) is 5.90. The highest BCUT2D eigenvalue weighted by Crippen LogP contribution is 2.10. The molecule has 2 radical (unpaired) electrons. The highest BCUT2D eigenvalue weighted by molar-refractivity contribution is 7.71. The number of nitrogens with two attached hydrogens (primary N) is 1. The smallest absolute Gasteiger partial charge is 0.175 e. The van der Waals surface area contributed by atoms with Crippen molar-refractivity contribution in [3.8, 4) is 0 Å². The van der Waals surface area contributed by atoms with E-state index in [1.807, 2.05) is 20.9 Å². The Morgan fingerprint density at radius 3 is 2.29 bits per heavy atom. The molecule has 94 valence electrons. The summed E-state index contributed by atoms with van der Waals surface area (Å²) in [6.45, 7) is 4.00. The van der Waals surface area contributed by atoms with E-state index in [2.05, 4.69) is 24.4 Å². The summed E-state index contributed by atoms with van der Waals surface area (Å²) >= 11 is 4.91. The predicted octanol–water partition coefficient (Wildman–Crippen LogP) is 1.87. The second-order valence-electron chi connectivity index (χ2n) is 2.89. The average Bonchev–Trinajstić information content (AvgIpc) is 2.75. The van der Waals surface area contributed by atoms with Crippen molar-refractivity contribution in [3.63, 3.8) is 0 Å². The van der Waals surface area contributed by atoms with Crippen LogP contribution >= 0.6 is 21.6 Å². The van der Waals surface area contributed by atoms with Crippen LogP contribution < -0.4 is 16.3 Å². The minimum absolute atomic E-state index is 0.563. The maximum atomic E-state index is 5.60. The number of H-pyrrole nitrogens is 2. The number of nitrogens with one attached hydrogen (secondary N) is 3. The molecule has 2 aromatic rings. The number of rotatable bonds is 0. The molecule has 0 bridgehead atoms. The van der Waals surface area contributed by atoms with E-state index in [0.29, 0.717) is 15.9 Å². The van der Waals surface area contributed by atoms with E-state index in [1.165, 1.54) is 0 Å². The predicted molar refractivity (Wildman–Crippen MR) is 85.5 cm³/mol. The number of imidazole rings is 1. The first-order valence-electron chi connectivity index (χ1n) is 6.22. The van der Waals surface area contributed by atoms with Gasteiger partial charge in [0.25, 0.3) is 0 Å². The molecule has 5 N–H and O–H groups in total.